The van der Waals surface area contributed by atoms with E-state index in [2.05, 4.69) is 64.3 Å². The van der Waals surface area contributed by atoms with Crippen molar-refractivity contribution in [2.45, 2.75) is 58.4 Å². The van der Waals surface area contributed by atoms with Crippen molar-refractivity contribution in [3.05, 3.63) is 35.4 Å². The van der Waals surface area contributed by atoms with Gasteiger partial charge < -0.3 is 5.32 Å². The van der Waals surface area contributed by atoms with Crippen LogP contribution in [0.2, 0.25) is 0 Å². The van der Waals surface area contributed by atoms with Gasteiger partial charge in [-0.05, 0) is 30.0 Å². The summed E-state index contributed by atoms with van der Waals surface area (Å²) in [6, 6.07) is 9.59. The first-order valence-electron chi connectivity index (χ1n) is 6.76. The van der Waals surface area contributed by atoms with E-state index in [1.807, 2.05) is 0 Å². The fourth-order valence-corrected chi connectivity index (χ4v) is 2.10. The lowest BCUT2D eigenvalue weighted by atomic mass is 9.86. The van der Waals surface area contributed by atoms with Gasteiger partial charge in [-0.3, -0.25) is 0 Å². The van der Waals surface area contributed by atoms with Gasteiger partial charge in [0.1, 0.15) is 0 Å². The van der Waals surface area contributed by atoms with Crippen LogP contribution >= 0.6 is 0 Å². The van der Waals surface area contributed by atoms with E-state index in [0.717, 1.165) is 0 Å². The molecule has 0 aliphatic rings. The van der Waals surface area contributed by atoms with Crippen molar-refractivity contribution < 1.29 is 0 Å². The van der Waals surface area contributed by atoms with E-state index in [9.17, 15) is 0 Å². The first kappa shape index (κ1) is 14.2. The number of hydrogen-bond acceptors (Lipinski definition) is 1. The van der Waals surface area contributed by atoms with Crippen LogP contribution < -0.4 is 5.32 Å². The minimum absolute atomic E-state index is 0.247. The zero-order valence-electron chi connectivity index (χ0n) is 12.0. The molecule has 0 aliphatic heterocycles. The number of benzene rings is 1. The molecule has 1 nitrogen and oxygen atoms in total. The first-order chi connectivity index (χ1) is 7.99. The molecular formula is C16H27N. The smallest absolute Gasteiger partial charge is 0.0317 e. The van der Waals surface area contributed by atoms with Crippen LogP contribution in [0.25, 0.3) is 0 Å². The van der Waals surface area contributed by atoms with Crippen molar-refractivity contribution in [3.8, 4) is 0 Å². The highest BCUT2D eigenvalue weighted by molar-refractivity contribution is 5.29. The maximum Gasteiger partial charge on any atom is 0.0317 e. The Balaban J connectivity index is 2.78. The van der Waals surface area contributed by atoms with Crippen LogP contribution in [0.3, 0.4) is 0 Å². The third-order valence-corrected chi connectivity index (χ3v) is 3.37. The Morgan fingerprint density at radius 1 is 1.12 bits per heavy atom. The van der Waals surface area contributed by atoms with E-state index in [1.165, 1.54) is 30.4 Å². The molecule has 0 aromatic heterocycles. The summed E-state index contributed by atoms with van der Waals surface area (Å²) in [6.45, 7) is 9.02. The topological polar surface area (TPSA) is 12.0 Å². The Morgan fingerprint density at radius 2 is 1.71 bits per heavy atom. The molecule has 96 valence electrons. The highest BCUT2D eigenvalue weighted by Gasteiger charge is 2.14. The summed E-state index contributed by atoms with van der Waals surface area (Å²) in [7, 11) is 2.05. The van der Waals surface area contributed by atoms with Crippen LogP contribution in [-0.2, 0) is 5.41 Å². The largest absolute Gasteiger partial charge is 0.313 e. The lowest BCUT2D eigenvalue weighted by Crippen LogP contribution is -2.17. The van der Waals surface area contributed by atoms with Gasteiger partial charge in [-0.2, -0.15) is 0 Å². The normalized spacial score (nSPS) is 13.7. The molecule has 0 spiro atoms. The Labute approximate surface area is 107 Å². The monoisotopic (exact) mass is 233 g/mol. The second-order valence-corrected chi connectivity index (χ2v) is 5.86. The number of nitrogens with one attached hydrogen (secondary N) is 1. The zero-order chi connectivity index (χ0) is 12.9. The molecule has 0 heterocycles. The second kappa shape index (κ2) is 6.20. The predicted octanol–water partition coefficient (Wildman–Crippen LogP) is 4.43. The van der Waals surface area contributed by atoms with E-state index in [0.29, 0.717) is 6.04 Å². The Bertz CT molecular complexity index is 318. The van der Waals surface area contributed by atoms with Crippen LogP contribution in [0.15, 0.2) is 24.3 Å². The molecule has 0 bridgehead atoms. The minimum Gasteiger partial charge on any atom is -0.313 e. The molecule has 1 aromatic carbocycles. The van der Waals surface area contributed by atoms with Crippen molar-refractivity contribution >= 4 is 0 Å². The van der Waals surface area contributed by atoms with Gasteiger partial charge in [-0.1, -0.05) is 64.8 Å². The number of hydrogen-bond donors (Lipinski definition) is 1. The fourth-order valence-electron chi connectivity index (χ4n) is 2.10. The zero-order valence-corrected chi connectivity index (χ0v) is 12.0. The molecule has 1 aromatic rings. The first-order valence-corrected chi connectivity index (χ1v) is 6.76. The highest BCUT2D eigenvalue weighted by atomic mass is 14.9. The van der Waals surface area contributed by atoms with Crippen molar-refractivity contribution in [3.63, 3.8) is 0 Å². The van der Waals surface area contributed by atoms with E-state index < -0.39 is 0 Å². The summed E-state index contributed by atoms with van der Waals surface area (Å²) >= 11 is 0. The molecule has 1 rings (SSSR count). The molecule has 0 aliphatic carbocycles. The van der Waals surface area contributed by atoms with Crippen molar-refractivity contribution in [1.29, 1.82) is 0 Å². The molecule has 0 saturated carbocycles. The number of unbranched alkanes of at least 4 members (excludes halogenated alkanes) is 1. The highest BCUT2D eigenvalue weighted by Crippen LogP contribution is 2.25. The minimum atomic E-state index is 0.247. The van der Waals surface area contributed by atoms with Crippen molar-refractivity contribution in [1.82, 2.24) is 5.32 Å². The van der Waals surface area contributed by atoms with Crippen LogP contribution in [0.1, 0.15) is 64.1 Å². The molecule has 1 N–H and O–H groups in total. The maximum absolute atomic E-state index is 3.41. The molecule has 0 radical (unpaired) electrons. The van der Waals surface area contributed by atoms with Gasteiger partial charge in [0.05, 0.1) is 0 Å². The van der Waals surface area contributed by atoms with Crippen LogP contribution in [0.5, 0.6) is 0 Å². The van der Waals surface area contributed by atoms with Gasteiger partial charge in [0.25, 0.3) is 0 Å². The summed E-state index contributed by atoms with van der Waals surface area (Å²) in [5.41, 5.74) is 3.07. The fraction of sp³-hybridized carbons (Fsp3) is 0.625. The van der Waals surface area contributed by atoms with E-state index in [4.69, 9.17) is 0 Å². The Morgan fingerprint density at radius 3 is 2.12 bits per heavy atom. The molecular weight excluding hydrogens is 206 g/mol. The van der Waals surface area contributed by atoms with Gasteiger partial charge in [-0.15, -0.1) is 0 Å². The lowest BCUT2D eigenvalue weighted by molar-refractivity contribution is 0.521. The molecule has 1 unspecified atom stereocenters. The quantitative estimate of drug-likeness (QED) is 0.793. The number of rotatable bonds is 5. The van der Waals surface area contributed by atoms with E-state index >= 15 is 0 Å². The molecule has 1 heteroatoms. The predicted molar refractivity (Wildman–Crippen MR) is 76.5 cm³/mol. The van der Waals surface area contributed by atoms with E-state index in [1.54, 1.807) is 0 Å². The summed E-state index contributed by atoms with van der Waals surface area (Å²) in [5.74, 6) is 0. The lowest BCUT2D eigenvalue weighted by Gasteiger charge is -2.21. The van der Waals surface area contributed by atoms with Crippen LogP contribution in [0.4, 0.5) is 0 Å². The molecule has 1 atom stereocenters. The third-order valence-electron chi connectivity index (χ3n) is 3.37. The average molecular weight is 233 g/mol. The molecule has 0 fully saturated rings. The van der Waals surface area contributed by atoms with Crippen molar-refractivity contribution in [2.75, 3.05) is 7.05 Å². The Kier molecular flexibility index (Phi) is 5.20. The summed E-state index contributed by atoms with van der Waals surface area (Å²) in [4.78, 5) is 0. The Hall–Kier alpha value is -0.820. The van der Waals surface area contributed by atoms with Crippen molar-refractivity contribution in [2.24, 2.45) is 0 Å². The average Bonchev–Trinajstić information content (AvgIpc) is 2.29. The second-order valence-electron chi connectivity index (χ2n) is 5.86. The van der Waals surface area contributed by atoms with Gasteiger partial charge >= 0.3 is 0 Å². The van der Waals surface area contributed by atoms with Gasteiger partial charge in [0.15, 0.2) is 0 Å². The molecule has 0 saturated heterocycles. The van der Waals surface area contributed by atoms with E-state index in [-0.39, 0.29) is 5.41 Å². The standard InChI is InChI=1S/C16H27N/c1-6-7-8-15(17-5)13-9-11-14(12-10-13)16(2,3)4/h9-12,15,17H,6-8H2,1-5H3. The maximum atomic E-state index is 3.41. The summed E-state index contributed by atoms with van der Waals surface area (Å²) in [5, 5.41) is 3.41. The molecule has 17 heavy (non-hydrogen) atoms. The van der Waals surface area contributed by atoms with Gasteiger partial charge in [0.2, 0.25) is 0 Å². The van der Waals surface area contributed by atoms with Gasteiger partial charge in [-0.25, -0.2) is 0 Å². The molecule has 0 amide bonds. The van der Waals surface area contributed by atoms with Crippen LogP contribution in [-0.4, -0.2) is 7.05 Å². The SMILES string of the molecule is CCCCC(NC)c1ccc(C(C)(C)C)cc1. The van der Waals surface area contributed by atoms with Gasteiger partial charge in [0, 0.05) is 6.04 Å². The summed E-state index contributed by atoms with van der Waals surface area (Å²) in [6.07, 6.45) is 3.77. The summed E-state index contributed by atoms with van der Waals surface area (Å²) < 4.78 is 0. The van der Waals surface area contributed by atoms with Crippen LogP contribution in [0, 0.1) is 0 Å². The third kappa shape index (κ3) is 4.16.